The van der Waals surface area contributed by atoms with Gasteiger partial charge in [-0.05, 0) is 74.6 Å². The minimum Gasteiger partial charge on any atom is -0.339 e. The molecule has 132 valence electrons. The summed E-state index contributed by atoms with van der Waals surface area (Å²) in [6.45, 7) is 4.37. The van der Waals surface area contributed by atoms with Crippen molar-refractivity contribution in [1.29, 1.82) is 0 Å². The third kappa shape index (κ3) is 4.58. The van der Waals surface area contributed by atoms with Gasteiger partial charge >= 0.3 is 0 Å². The van der Waals surface area contributed by atoms with Crippen LogP contribution >= 0.6 is 12.2 Å². The molecule has 0 atom stereocenters. The molecule has 1 aromatic heterocycles. The van der Waals surface area contributed by atoms with Gasteiger partial charge in [-0.25, -0.2) is 0 Å². The van der Waals surface area contributed by atoms with E-state index in [1.54, 1.807) is 12.4 Å². The van der Waals surface area contributed by atoms with E-state index < -0.39 is 0 Å². The third-order valence-electron chi connectivity index (χ3n) is 3.87. The minimum atomic E-state index is 0.351. The van der Waals surface area contributed by atoms with Gasteiger partial charge in [-0.15, -0.1) is 0 Å². The number of nitrogens with zero attached hydrogens (tertiary/aromatic N) is 2. The van der Waals surface area contributed by atoms with Crippen LogP contribution in [0.3, 0.4) is 0 Å². The first-order chi connectivity index (χ1) is 12.6. The van der Waals surface area contributed by atoms with Crippen LogP contribution in [0.2, 0.25) is 0 Å². The lowest BCUT2D eigenvalue weighted by Gasteiger charge is -2.29. The summed E-state index contributed by atoms with van der Waals surface area (Å²) in [6, 6.07) is 22.8. The van der Waals surface area contributed by atoms with E-state index in [0.29, 0.717) is 11.2 Å². The number of rotatable bonds is 5. The Labute approximate surface area is 159 Å². The highest BCUT2D eigenvalue weighted by Crippen LogP contribution is 2.28. The quantitative estimate of drug-likeness (QED) is 0.592. The summed E-state index contributed by atoms with van der Waals surface area (Å²) < 4.78 is 0. The highest BCUT2D eigenvalue weighted by molar-refractivity contribution is 7.80. The normalized spacial score (nSPS) is 10.4. The van der Waals surface area contributed by atoms with Crippen LogP contribution in [-0.4, -0.2) is 16.1 Å². The number of hydrogen-bond acceptors (Lipinski definition) is 3. The first-order valence-electron chi connectivity index (χ1n) is 8.56. The highest BCUT2D eigenvalue weighted by Gasteiger charge is 2.12. The van der Waals surface area contributed by atoms with Gasteiger partial charge in [-0.3, -0.25) is 4.98 Å². The van der Waals surface area contributed by atoms with Gasteiger partial charge in [0.05, 0.1) is 11.9 Å². The van der Waals surface area contributed by atoms with E-state index in [1.165, 1.54) is 5.69 Å². The van der Waals surface area contributed by atoms with Crippen molar-refractivity contribution in [2.24, 2.45) is 0 Å². The average Bonchev–Trinajstić information content (AvgIpc) is 2.65. The topological polar surface area (TPSA) is 40.2 Å². The molecule has 0 aliphatic heterocycles. The van der Waals surface area contributed by atoms with Crippen LogP contribution in [0.1, 0.15) is 13.8 Å². The Morgan fingerprint density at radius 2 is 1.50 bits per heavy atom. The van der Waals surface area contributed by atoms with Crippen molar-refractivity contribution in [1.82, 2.24) is 4.98 Å². The van der Waals surface area contributed by atoms with Crippen LogP contribution in [0, 0.1) is 0 Å². The molecule has 2 aromatic carbocycles. The van der Waals surface area contributed by atoms with Crippen LogP contribution in [-0.2, 0) is 0 Å². The molecule has 0 unspecified atom stereocenters. The number of thiocarbonyl (C=S) groups is 1. The summed E-state index contributed by atoms with van der Waals surface area (Å²) in [5, 5.41) is 6.86. The fraction of sp³-hybridized carbons (Fsp3) is 0.143. The summed E-state index contributed by atoms with van der Waals surface area (Å²) in [6.07, 6.45) is 3.46. The molecule has 0 spiro atoms. The van der Waals surface area contributed by atoms with E-state index in [1.807, 2.05) is 30.3 Å². The molecule has 3 rings (SSSR count). The molecule has 0 radical (unpaired) electrons. The maximum atomic E-state index is 5.36. The van der Waals surface area contributed by atoms with E-state index >= 15 is 0 Å². The Hall–Kier alpha value is -2.92. The van der Waals surface area contributed by atoms with Gasteiger partial charge in [0.1, 0.15) is 0 Å². The molecule has 3 aromatic rings. The molecule has 0 saturated carbocycles. The lowest BCUT2D eigenvalue weighted by atomic mass is 10.2. The fourth-order valence-electron chi connectivity index (χ4n) is 2.77. The van der Waals surface area contributed by atoms with Crippen LogP contribution < -0.4 is 15.5 Å². The molecule has 2 N–H and O–H groups in total. The molecular weight excluding hydrogens is 340 g/mol. The van der Waals surface area contributed by atoms with Crippen molar-refractivity contribution in [3.63, 3.8) is 0 Å². The second-order valence-electron chi connectivity index (χ2n) is 6.17. The van der Waals surface area contributed by atoms with Gasteiger partial charge in [0, 0.05) is 29.3 Å². The van der Waals surface area contributed by atoms with E-state index in [0.717, 1.165) is 17.1 Å². The van der Waals surface area contributed by atoms with Crippen molar-refractivity contribution in [2.75, 3.05) is 15.5 Å². The third-order valence-corrected chi connectivity index (χ3v) is 4.08. The van der Waals surface area contributed by atoms with Gasteiger partial charge in [0.25, 0.3) is 0 Å². The zero-order valence-electron chi connectivity index (χ0n) is 14.9. The Morgan fingerprint density at radius 3 is 2.12 bits per heavy atom. The summed E-state index contributed by atoms with van der Waals surface area (Å²) in [5.41, 5.74) is 4.11. The first kappa shape index (κ1) is 17.9. The van der Waals surface area contributed by atoms with Crippen molar-refractivity contribution in [2.45, 2.75) is 19.9 Å². The largest absolute Gasteiger partial charge is 0.339 e. The fourth-order valence-corrected chi connectivity index (χ4v) is 3.01. The number of nitrogens with one attached hydrogen (secondary N) is 2. The molecule has 5 heteroatoms. The molecule has 26 heavy (non-hydrogen) atoms. The molecule has 0 saturated heterocycles. The zero-order valence-corrected chi connectivity index (χ0v) is 15.7. The van der Waals surface area contributed by atoms with Crippen LogP contribution in [0.4, 0.5) is 22.7 Å². The van der Waals surface area contributed by atoms with E-state index in [9.17, 15) is 0 Å². The van der Waals surface area contributed by atoms with Gasteiger partial charge < -0.3 is 15.5 Å². The van der Waals surface area contributed by atoms with Gasteiger partial charge in [0.15, 0.2) is 5.11 Å². The first-order valence-corrected chi connectivity index (χ1v) is 8.96. The number of pyridine rings is 1. The maximum Gasteiger partial charge on any atom is 0.175 e. The van der Waals surface area contributed by atoms with Gasteiger partial charge in [-0.2, -0.15) is 0 Å². The number of hydrogen-bond donors (Lipinski definition) is 2. The standard InChI is InChI=1S/C21H22N4S/c1-16(2)25(19-8-4-3-5-9-19)20-12-10-17(11-13-20)23-21(26)24-18-7-6-14-22-15-18/h3-16H,1-2H3,(H2,23,24,26). The maximum absolute atomic E-state index is 5.36. The number of benzene rings is 2. The smallest absolute Gasteiger partial charge is 0.175 e. The molecule has 4 nitrogen and oxygen atoms in total. The molecular formula is C21H22N4S. The molecule has 1 heterocycles. The lowest BCUT2D eigenvalue weighted by Crippen LogP contribution is -2.25. The molecule has 0 aliphatic rings. The lowest BCUT2D eigenvalue weighted by molar-refractivity contribution is 0.789. The molecule has 0 bridgehead atoms. The summed E-state index contributed by atoms with van der Waals surface area (Å²) in [7, 11) is 0. The van der Waals surface area contributed by atoms with Crippen LogP contribution in [0.15, 0.2) is 79.1 Å². The Morgan fingerprint density at radius 1 is 0.846 bits per heavy atom. The predicted octanol–water partition coefficient (Wildman–Crippen LogP) is 5.44. The monoisotopic (exact) mass is 362 g/mol. The van der Waals surface area contributed by atoms with Gasteiger partial charge in [-0.1, -0.05) is 18.2 Å². The zero-order chi connectivity index (χ0) is 18.4. The van der Waals surface area contributed by atoms with E-state index in [4.69, 9.17) is 12.2 Å². The average molecular weight is 363 g/mol. The van der Waals surface area contributed by atoms with Crippen molar-refractivity contribution in [3.8, 4) is 0 Å². The number of aromatic nitrogens is 1. The number of anilines is 4. The van der Waals surface area contributed by atoms with Crippen molar-refractivity contribution in [3.05, 3.63) is 79.1 Å². The summed E-state index contributed by atoms with van der Waals surface area (Å²) >= 11 is 5.36. The number of para-hydroxylation sites is 1. The van der Waals surface area contributed by atoms with Crippen molar-refractivity contribution >= 4 is 40.1 Å². The summed E-state index contributed by atoms with van der Waals surface area (Å²) in [4.78, 5) is 6.37. The Bertz CT molecular complexity index is 833. The Kier molecular flexibility index (Phi) is 5.81. The van der Waals surface area contributed by atoms with Crippen molar-refractivity contribution < 1.29 is 0 Å². The SMILES string of the molecule is CC(C)N(c1ccccc1)c1ccc(NC(=S)Nc2cccnc2)cc1. The highest BCUT2D eigenvalue weighted by atomic mass is 32.1. The van der Waals surface area contributed by atoms with Crippen LogP contribution in [0.5, 0.6) is 0 Å². The van der Waals surface area contributed by atoms with E-state index in [2.05, 4.69) is 70.8 Å². The van der Waals surface area contributed by atoms with Gasteiger partial charge in [0.2, 0.25) is 0 Å². The Balaban J connectivity index is 1.70. The predicted molar refractivity (Wildman–Crippen MR) is 114 cm³/mol. The second kappa shape index (κ2) is 8.45. The van der Waals surface area contributed by atoms with Crippen LogP contribution in [0.25, 0.3) is 0 Å². The minimum absolute atomic E-state index is 0.351. The van der Waals surface area contributed by atoms with E-state index in [-0.39, 0.29) is 0 Å². The second-order valence-corrected chi connectivity index (χ2v) is 6.58. The summed E-state index contributed by atoms with van der Waals surface area (Å²) in [5.74, 6) is 0. The molecule has 0 aliphatic carbocycles. The molecule has 0 fully saturated rings. The molecule has 0 amide bonds.